The van der Waals surface area contributed by atoms with E-state index < -0.39 is 34.4 Å². The van der Waals surface area contributed by atoms with Gasteiger partial charge in [0.2, 0.25) is 11.8 Å². The van der Waals surface area contributed by atoms with E-state index in [0.29, 0.717) is 22.9 Å². The Labute approximate surface area is 268 Å². The van der Waals surface area contributed by atoms with Crippen LogP contribution >= 0.6 is 23.2 Å². The van der Waals surface area contributed by atoms with Gasteiger partial charge in [0.1, 0.15) is 18.3 Å². The number of methoxy groups -OCH3 is 3. The van der Waals surface area contributed by atoms with Crippen LogP contribution in [0.15, 0.2) is 65.6 Å². The summed E-state index contributed by atoms with van der Waals surface area (Å²) in [6.07, 6.45) is 0. The lowest BCUT2D eigenvalue weighted by Crippen LogP contribution is -2.51. The first kappa shape index (κ1) is 34.8. The van der Waals surface area contributed by atoms with Crippen LogP contribution in [-0.2, 0) is 26.2 Å². The monoisotopic (exact) mass is 665 g/mol. The molecule has 1 atom stereocenters. The van der Waals surface area contributed by atoms with Gasteiger partial charge in [0.25, 0.3) is 10.0 Å². The number of anilines is 1. The lowest BCUT2D eigenvalue weighted by molar-refractivity contribution is -0.139. The Morgan fingerprint density at radius 2 is 1.50 bits per heavy atom. The predicted octanol–water partition coefficient (Wildman–Crippen LogP) is 5.40. The van der Waals surface area contributed by atoms with Gasteiger partial charge in [-0.1, -0.05) is 55.2 Å². The van der Waals surface area contributed by atoms with Crippen LogP contribution in [0.4, 0.5) is 5.69 Å². The van der Waals surface area contributed by atoms with Gasteiger partial charge >= 0.3 is 0 Å². The van der Waals surface area contributed by atoms with Crippen molar-refractivity contribution >= 4 is 50.7 Å². The molecule has 13 heteroatoms. The highest BCUT2D eigenvalue weighted by molar-refractivity contribution is 7.92. The van der Waals surface area contributed by atoms with Gasteiger partial charge in [-0.25, -0.2) is 8.42 Å². The highest BCUT2D eigenvalue weighted by atomic mass is 35.5. The fourth-order valence-electron chi connectivity index (χ4n) is 4.32. The molecule has 0 saturated heterocycles. The Morgan fingerprint density at radius 3 is 2.11 bits per heavy atom. The van der Waals surface area contributed by atoms with Gasteiger partial charge in [0, 0.05) is 29.2 Å². The summed E-state index contributed by atoms with van der Waals surface area (Å²) in [5.41, 5.74) is 0.610. The van der Waals surface area contributed by atoms with E-state index >= 15 is 0 Å². The van der Waals surface area contributed by atoms with Crippen LogP contribution in [0.1, 0.15) is 26.3 Å². The maximum atomic E-state index is 14.3. The van der Waals surface area contributed by atoms with Crippen LogP contribution in [-0.4, -0.2) is 65.6 Å². The van der Waals surface area contributed by atoms with E-state index in [1.807, 2.05) is 13.8 Å². The Kier molecular flexibility index (Phi) is 12.2. The predicted molar refractivity (Wildman–Crippen MR) is 171 cm³/mol. The molecular formula is C31H37Cl2N3O7S. The second kappa shape index (κ2) is 15.4. The molecule has 3 aromatic carbocycles. The van der Waals surface area contributed by atoms with E-state index in [9.17, 15) is 18.0 Å². The molecule has 0 saturated carbocycles. The molecule has 10 nitrogen and oxygen atoms in total. The maximum absolute atomic E-state index is 14.3. The van der Waals surface area contributed by atoms with E-state index in [4.69, 9.17) is 37.4 Å². The third-order valence-electron chi connectivity index (χ3n) is 6.78. The third kappa shape index (κ3) is 8.28. The summed E-state index contributed by atoms with van der Waals surface area (Å²) < 4.78 is 45.6. The number of ether oxygens (including phenoxy) is 3. The fraction of sp³-hybridized carbons (Fsp3) is 0.355. The SMILES string of the molecule is COc1ccc(S(=O)(=O)N(CC(=O)N(Cc2ccccc2Cl)[C@@H](C)C(=O)NCC(C)C)c2cc(Cl)ccc2OC)cc1OC. The second-order valence-corrected chi connectivity index (χ2v) is 13.0. The minimum Gasteiger partial charge on any atom is -0.495 e. The number of rotatable bonds is 14. The normalized spacial score (nSPS) is 11.9. The summed E-state index contributed by atoms with van der Waals surface area (Å²) in [7, 11) is -0.264. The Bertz CT molecular complexity index is 1580. The molecule has 44 heavy (non-hydrogen) atoms. The zero-order valence-electron chi connectivity index (χ0n) is 25.5. The standard InChI is InChI=1S/C31H37Cl2N3O7S/c1-20(2)17-34-31(38)21(3)35(18-22-9-7-8-10-25(22)33)30(37)19-36(26-15-23(32)11-13-27(26)41-4)44(39,40)24-12-14-28(42-5)29(16-24)43-6/h7-16,20-21H,17-19H2,1-6H3,(H,34,38)/t21-/m0/s1. The number of halogens is 2. The van der Waals surface area contributed by atoms with Crippen molar-refractivity contribution in [3.63, 3.8) is 0 Å². The van der Waals surface area contributed by atoms with Crippen molar-refractivity contribution in [2.45, 2.75) is 38.3 Å². The highest BCUT2D eigenvalue weighted by Gasteiger charge is 2.34. The number of hydrogen-bond acceptors (Lipinski definition) is 7. The lowest BCUT2D eigenvalue weighted by atomic mass is 10.1. The van der Waals surface area contributed by atoms with Crippen molar-refractivity contribution in [2.75, 3.05) is 38.7 Å². The number of hydrogen-bond donors (Lipinski definition) is 1. The minimum absolute atomic E-state index is 0.0257. The zero-order chi connectivity index (χ0) is 32.6. The summed E-state index contributed by atoms with van der Waals surface area (Å²) in [6, 6.07) is 14.5. The molecule has 238 valence electrons. The molecule has 0 unspecified atom stereocenters. The van der Waals surface area contributed by atoms with E-state index in [1.54, 1.807) is 31.2 Å². The summed E-state index contributed by atoms with van der Waals surface area (Å²) in [4.78, 5) is 28.5. The number of carbonyl (C=O) groups is 2. The minimum atomic E-state index is -4.45. The van der Waals surface area contributed by atoms with Crippen molar-refractivity contribution in [1.82, 2.24) is 10.2 Å². The molecule has 0 fully saturated rings. The molecule has 0 aromatic heterocycles. The second-order valence-electron chi connectivity index (χ2n) is 10.3. The molecule has 3 rings (SSSR count). The van der Waals surface area contributed by atoms with Crippen LogP contribution in [0.2, 0.25) is 10.0 Å². The molecule has 0 aliphatic carbocycles. The lowest BCUT2D eigenvalue weighted by Gasteiger charge is -2.32. The molecule has 1 N–H and O–H groups in total. The van der Waals surface area contributed by atoms with E-state index in [2.05, 4.69) is 5.32 Å². The van der Waals surface area contributed by atoms with E-state index in [1.165, 1.54) is 62.6 Å². The van der Waals surface area contributed by atoms with Crippen LogP contribution in [0.25, 0.3) is 0 Å². The highest BCUT2D eigenvalue weighted by Crippen LogP contribution is 2.37. The Balaban J connectivity index is 2.14. The number of carbonyl (C=O) groups excluding carboxylic acids is 2. The number of nitrogens with one attached hydrogen (secondary N) is 1. The molecule has 0 spiro atoms. The largest absolute Gasteiger partial charge is 0.495 e. The van der Waals surface area contributed by atoms with Gasteiger partial charge in [-0.05, 0) is 54.8 Å². The van der Waals surface area contributed by atoms with Crippen LogP contribution in [0.3, 0.4) is 0 Å². The molecule has 0 heterocycles. The van der Waals surface area contributed by atoms with Crippen LogP contribution in [0.5, 0.6) is 17.2 Å². The molecule has 0 aliphatic heterocycles. The molecular weight excluding hydrogens is 629 g/mol. The summed E-state index contributed by atoms with van der Waals surface area (Å²) in [5, 5.41) is 3.46. The van der Waals surface area contributed by atoms with Gasteiger partial charge in [-0.3, -0.25) is 13.9 Å². The number of benzene rings is 3. The molecule has 0 aliphatic rings. The van der Waals surface area contributed by atoms with E-state index in [-0.39, 0.29) is 39.6 Å². The first-order valence-corrected chi connectivity index (χ1v) is 15.9. The Hall–Kier alpha value is -3.67. The number of amides is 2. The first-order chi connectivity index (χ1) is 20.8. The quantitative estimate of drug-likeness (QED) is 0.245. The van der Waals surface area contributed by atoms with Gasteiger partial charge in [0.05, 0.1) is 31.9 Å². The molecule has 2 amide bonds. The van der Waals surface area contributed by atoms with Crippen molar-refractivity contribution in [2.24, 2.45) is 5.92 Å². The Morgan fingerprint density at radius 1 is 0.864 bits per heavy atom. The maximum Gasteiger partial charge on any atom is 0.265 e. The van der Waals surface area contributed by atoms with Gasteiger partial charge < -0.3 is 24.4 Å². The summed E-state index contributed by atoms with van der Waals surface area (Å²) in [6.45, 7) is 5.14. The topological polar surface area (TPSA) is 114 Å². The average Bonchev–Trinajstić information content (AvgIpc) is 3.00. The zero-order valence-corrected chi connectivity index (χ0v) is 27.8. The van der Waals surface area contributed by atoms with Gasteiger partial charge in [-0.2, -0.15) is 0 Å². The molecule has 0 bridgehead atoms. The fourth-order valence-corrected chi connectivity index (χ4v) is 6.12. The smallest absolute Gasteiger partial charge is 0.265 e. The number of nitrogens with zero attached hydrogens (tertiary/aromatic N) is 2. The van der Waals surface area contributed by atoms with Crippen molar-refractivity contribution < 1.29 is 32.2 Å². The van der Waals surface area contributed by atoms with Crippen molar-refractivity contribution in [3.05, 3.63) is 76.3 Å². The summed E-state index contributed by atoms with van der Waals surface area (Å²) >= 11 is 12.7. The van der Waals surface area contributed by atoms with Gasteiger partial charge in [0.15, 0.2) is 11.5 Å². The number of sulfonamides is 1. The van der Waals surface area contributed by atoms with Crippen molar-refractivity contribution in [3.8, 4) is 17.2 Å². The van der Waals surface area contributed by atoms with Crippen molar-refractivity contribution in [1.29, 1.82) is 0 Å². The van der Waals surface area contributed by atoms with Crippen LogP contribution in [0, 0.1) is 5.92 Å². The van der Waals surface area contributed by atoms with E-state index in [0.717, 1.165) is 4.31 Å². The average molecular weight is 667 g/mol. The molecule has 3 aromatic rings. The third-order valence-corrected chi connectivity index (χ3v) is 9.14. The van der Waals surface area contributed by atoms with Gasteiger partial charge in [-0.15, -0.1) is 0 Å². The van der Waals surface area contributed by atoms with Crippen LogP contribution < -0.4 is 23.8 Å². The summed E-state index contributed by atoms with van der Waals surface area (Å²) in [5.74, 6) is -0.227. The molecule has 0 radical (unpaired) electrons. The first-order valence-electron chi connectivity index (χ1n) is 13.7.